The average molecular weight is 310 g/mol. The fraction of sp³-hybridized carbons (Fsp3) is 0.467. The van der Waals surface area contributed by atoms with E-state index in [2.05, 4.69) is 17.1 Å². The Morgan fingerprint density at radius 1 is 1.38 bits per heavy atom. The Morgan fingerprint density at radius 2 is 2.10 bits per heavy atom. The molecule has 1 aromatic carbocycles. The third-order valence-corrected chi connectivity index (χ3v) is 4.49. The predicted octanol–water partition coefficient (Wildman–Crippen LogP) is 3.89. The zero-order valence-corrected chi connectivity index (χ0v) is 12.5. The first kappa shape index (κ1) is 14.5. The summed E-state index contributed by atoms with van der Waals surface area (Å²) in [6.45, 7) is 2.22. The molecule has 4 nitrogen and oxygen atoms in total. The van der Waals surface area contributed by atoms with Crippen molar-refractivity contribution in [1.82, 2.24) is 10.1 Å². The number of nitrogens with two attached hydrogens (primary N) is 1. The molecular weight excluding hydrogens is 293 g/mol. The SMILES string of the molecule is CC1CCC(N)(c2nc(-c3ccc(F)c(Cl)c3)no2)CC1. The van der Waals surface area contributed by atoms with Gasteiger partial charge in [-0.25, -0.2) is 4.39 Å². The number of halogens is 2. The minimum absolute atomic E-state index is 0.0350. The van der Waals surface area contributed by atoms with Gasteiger partial charge in [0.1, 0.15) is 5.82 Å². The number of hydrogen-bond acceptors (Lipinski definition) is 4. The molecule has 1 aliphatic carbocycles. The van der Waals surface area contributed by atoms with E-state index in [4.69, 9.17) is 21.9 Å². The van der Waals surface area contributed by atoms with Crippen LogP contribution in [0.15, 0.2) is 22.7 Å². The smallest absolute Gasteiger partial charge is 0.247 e. The Labute approximate surface area is 127 Å². The van der Waals surface area contributed by atoms with Crippen molar-refractivity contribution in [1.29, 1.82) is 0 Å². The quantitative estimate of drug-likeness (QED) is 0.914. The van der Waals surface area contributed by atoms with E-state index in [0.29, 0.717) is 23.2 Å². The van der Waals surface area contributed by atoms with Crippen LogP contribution in [0, 0.1) is 11.7 Å². The Balaban J connectivity index is 1.87. The van der Waals surface area contributed by atoms with Crippen LogP contribution < -0.4 is 5.73 Å². The molecule has 0 bridgehead atoms. The van der Waals surface area contributed by atoms with Crippen molar-refractivity contribution in [2.75, 3.05) is 0 Å². The van der Waals surface area contributed by atoms with Gasteiger partial charge in [0.15, 0.2) is 0 Å². The summed E-state index contributed by atoms with van der Waals surface area (Å²) in [6.07, 6.45) is 3.77. The van der Waals surface area contributed by atoms with Crippen LogP contribution in [0.25, 0.3) is 11.4 Å². The Morgan fingerprint density at radius 3 is 2.76 bits per heavy atom. The topological polar surface area (TPSA) is 64.9 Å². The van der Waals surface area contributed by atoms with Crippen molar-refractivity contribution in [2.24, 2.45) is 11.7 Å². The monoisotopic (exact) mass is 309 g/mol. The normalized spacial score (nSPS) is 26.0. The van der Waals surface area contributed by atoms with Gasteiger partial charge in [-0.1, -0.05) is 23.7 Å². The van der Waals surface area contributed by atoms with Gasteiger partial charge in [-0.15, -0.1) is 0 Å². The van der Waals surface area contributed by atoms with Gasteiger partial charge in [-0.2, -0.15) is 4.98 Å². The Bertz CT molecular complexity index is 650. The number of aromatic nitrogens is 2. The van der Waals surface area contributed by atoms with E-state index in [-0.39, 0.29) is 5.02 Å². The summed E-state index contributed by atoms with van der Waals surface area (Å²) in [7, 11) is 0. The van der Waals surface area contributed by atoms with Crippen molar-refractivity contribution in [3.05, 3.63) is 34.9 Å². The zero-order valence-electron chi connectivity index (χ0n) is 11.8. The molecule has 0 radical (unpaired) electrons. The van der Waals surface area contributed by atoms with E-state index in [1.807, 2.05) is 0 Å². The largest absolute Gasteiger partial charge is 0.337 e. The van der Waals surface area contributed by atoms with Gasteiger partial charge in [0.05, 0.1) is 10.6 Å². The van der Waals surface area contributed by atoms with Crippen LogP contribution >= 0.6 is 11.6 Å². The fourth-order valence-electron chi connectivity index (χ4n) is 2.67. The maximum absolute atomic E-state index is 13.2. The highest BCUT2D eigenvalue weighted by Crippen LogP contribution is 2.37. The molecule has 0 unspecified atom stereocenters. The highest BCUT2D eigenvalue weighted by molar-refractivity contribution is 6.31. The molecule has 0 saturated heterocycles. The van der Waals surface area contributed by atoms with E-state index in [1.54, 1.807) is 6.07 Å². The van der Waals surface area contributed by atoms with Crippen molar-refractivity contribution in [2.45, 2.75) is 38.1 Å². The first-order chi connectivity index (χ1) is 9.98. The van der Waals surface area contributed by atoms with Gasteiger partial charge < -0.3 is 10.3 Å². The molecule has 1 aromatic heterocycles. The van der Waals surface area contributed by atoms with Gasteiger partial charge in [0.25, 0.3) is 0 Å². The molecule has 6 heteroatoms. The molecule has 0 atom stereocenters. The Kier molecular flexibility index (Phi) is 3.71. The Hall–Kier alpha value is -1.46. The van der Waals surface area contributed by atoms with Crippen molar-refractivity contribution < 1.29 is 8.91 Å². The molecule has 21 heavy (non-hydrogen) atoms. The summed E-state index contributed by atoms with van der Waals surface area (Å²) >= 11 is 5.78. The first-order valence-electron chi connectivity index (χ1n) is 7.06. The average Bonchev–Trinajstić information content (AvgIpc) is 2.96. The van der Waals surface area contributed by atoms with Gasteiger partial charge >= 0.3 is 0 Å². The van der Waals surface area contributed by atoms with Gasteiger partial charge in [-0.05, 0) is 49.8 Å². The minimum Gasteiger partial charge on any atom is -0.337 e. The third-order valence-electron chi connectivity index (χ3n) is 4.20. The lowest BCUT2D eigenvalue weighted by Crippen LogP contribution is -2.40. The zero-order chi connectivity index (χ0) is 15.0. The molecule has 1 aliphatic rings. The summed E-state index contributed by atoms with van der Waals surface area (Å²) in [5, 5.41) is 3.98. The van der Waals surface area contributed by atoms with E-state index in [9.17, 15) is 4.39 Å². The van der Waals surface area contributed by atoms with Crippen LogP contribution in [-0.2, 0) is 5.54 Å². The molecule has 1 fully saturated rings. The summed E-state index contributed by atoms with van der Waals surface area (Å²) < 4.78 is 18.5. The van der Waals surface area contributed by atoms with Crippen LogP contribution in [0.4, 0.5) is 4.39 Å². The lowest BCUT2D eigenvalue weighted by molar-refractivity contribution is 0.190. The summed E-state index contributed by atoms with van der Waals surface area (Å²) in [5.41, 5.74) is 6.47. The van der Waals surface area contributed by atoms with Gasteiger partial charge in [-0.3, -0.25) is 0 Å². The molecule has 1 saturated carbocycles. The summed E-state index contributed by atoms with van der Waals surface area (Å²) in [4.78, 5) is 4.39. The molecule has 0 aliphatic heterocycles. The highest BCUT2D eigenvalue weighted by Gasteiger charge is 2.37. The molecule has 2 N–H and O–H groups in total. The van der Waals surface area contributed by atoms with Crippen LogP contribution in [0.5, 0.6) is 0 Å². The van der Waals surface area contributed by atoms with Crippen LogP contribution in [0.1, 0.15) is 38.5 Å². The van der Waals surface area contributed by atoms with E-state index < -0.39 is 11.4 Å². The molecule has 1 heterocycles. The van der Waals surface area contributed by atoms with Crippen LogP contribution in [-0.4, -0.2) is 10.1 Å². The maximum Gasteiger partial charge on any atom is 0.247 e. The van der Waals surface area contributed by atoms with Gasteiger partial charge in [0, 0.05) is 5.56 Å². The van der Waals surface area contributed by atoms with E-state index in [0.717, 1.165) is 25.7 Å². The van der Waals surface area contributed by atoms with E-state index >= 15 is 0 Å². The van der Waals surface area contributed by atoms with Crippen LogP contribution in [0.3, 0.4) is 0 Å². The molecule has 0 amide bonds. The fourth-order valence-corrected chi connectivity index (χ4v) is 2.85. The minimum atomic E-state index is -0.554. The number of hydrogen-bond donors (Lipinski definition) is 1. The molecule has 3 rings (SSSR count). The number of rotatable bonds is 2. The third kappa shape index (κ3) is 2.80. The maximum atomic E-state index is 13.2. The number of nitrogens with zero attached hydrogens (tertiary/aromatic N) is 2. The lowest BCUT2D eigenvalue weighted by atomic mass is 9.78. The van der Waals surface area contributed by atoms with Gasteiger partial charge in [0.2, 0.25) is 11.7 Å². The first-order valence-corrected chi connectivity index (χ1v) is 7.44. The highest BCUT2D eigenvalue weighted by atomic mass is 35.5. The molecule has 0 spiro atoms. The second-order valence-electron chi connectivity index (χ2n) is 5.89. The molecule has 2 aromatic rings. The predicted molar refractivity (Wildman–Crippen MR) is 78.2 cm³/mol. The second kappa shape index (κ2) is 5.39. The van der Waals surface area contributed by atoms with Crippen LogP contribution in [0.2, 0.25) is 5.02 Å². The van der Waals surface area contributed by atoms with E-state index in [1.165, 1.54) is 12.1 Å². The van der Waals surface area contributed by atoms with Crippen molar-refractivity contribution in [3.8, 4) is 11.4 Å². The molecule has 112 valence electrons. The van der Waals surface area contributed by atoms with Crippen molar-refractivity contribution in [3.63, 3.8) is 0 Å². The lowest BCUT2D eigenvalue weighted by Gasteiger charge is -2.32. The summed E-state index contributed by atoms with van der Waals surface area (Å²) in [6, 6.07) is 4.34. The number of benzene rings is 1. The summed E-state index contributed by atoms with van der Waals surface area (Å²) in [5.74, 6) is 1.04. The molecular formula is C15H17ClFN3O. The second-order valence-corrected chi connectivity index (χ2v) is 6.30. The standard InChI is InChI=1S/C15H17ClFN3O/c1-9-4-6-15(18,7-5-9)14-19-13(20-21-14)10-2-3-12(17)11(16)8-10/h2-3,8-9H,4-7,18H2,1H3. The van der Waals surface area contributed by atoms with Crippen molar-refractivity contribution >= 4 is 11.6 Å².